The van der Waals surface area contributed by atoms with E-state index in [1.54, 1.807) is 28.0 Å². The van der Waals surface area contributed by atoms with Gasteiger partial charge in [-0.25, -0.2) is 23.7 Å². The van der Waals surface area contributed by atoms with Crippen LogP contribution >= 0.6 is 11.3 Å². The Kier molecular flexibility index (Phi) is 5.87. The lowest BCUT2D eigenvalue weighted by Gasteiger charge is -2.21. The van der Waals surface area contributed by atoms with Gasteiger partial charge < -0.3 is 15.8 Å². The van der Waals surface area contributed by atoms with Crippen LogP contribution in [0.5, 0.6) is 0 Å². The number of pyridine rings is 2. The van der Waals surface area contributed by atoms with Gasteiger partial charge in [-0.15, -0.1) is 11.3 Å². The molecule has 6 rings (SSSR count). The minimum atomic E-state index is -0.498. The number of halogens is 2. The Morgan fingerprint density at radius 2 is 1.97 bits per heavy atom. The molecular formula is C26H24F2N6OS. The average Bonchev–Trinajstić information content (AvgIpc) is 3.49. The molecule has 3 N–H and O–H groups in total. The van der Waals surface area contributed by atoms with Crippen molar-refractivity contribution in [1.29, 1.82) is 0 Å². The van der Waals surface area contributed by atoms with Gasteiger partial charge in [0.2, 0.25) is 0 Å². The van der Waals surface area contributed by atoms with Crippen LogP contribution in [0, 0.1) is 11.6 Å². The number of anilines is 1. The number of nitrogens with one attached hydrogen (secondary N) is 1. The fraction of sp³-hybridized carbons (Fsp3) is 0.269. The third-order valence-corrected chi connectivity index (χ3v) is 7.96. The highest BCUT2D eigenvalue weighted by molar-refractivity contribution is 7.15. The standard InChI is InChI=1S/C26H24F2N6OS/c1-30-12-19-24(14-5-8-35-9-6-14)36-26(33-19)18-11-32-25(29)22-16(18)2-3-17(23(22)28)20-13-31-21-10-15(27)4-7-34(20)21/h2-4,7,10-11,13-14,30H,5-6,8-9,12H2,1H3,(H2,29,32). The third-order valence-electron chi connectivity index (χ3n) is 6.67. The molecule has 1 aromatic carbocycles. The molecule has 0 bridgehead atoms. The van der Waals surface area contributed by atoms with Crippen LogP contribution in [-0.2, 0) is 11.3 Å². The van der Waals surface area contributed by atoms with E-state index in [1.165, 1.54) is 29.4 Å². The topological polar surface area (TPSA) is 90.4 Å². The minimum Gasteiger partial charge on any atom is -0.383 e. The van der Waals surface area contributed by atoms with Gasteiger partial charge in [-0.05, 0) is 37.9 Å². The van der Waals surface area contributed by atoms with Crippen molar-refractivity contribution in [3.05, 3.63) is 65.1 Å². The predicted octanol–water partition coefficient (Wildman–Crippen LogP) is 5.15. The first-order valence-electron chi connectivity index (χ1n) is 11.8. The molecule has 0 saturated carbocycles. The number of thiazole rings is 1. The Hall–Kier alpha value is -3.47. The molecule has 0 unspecified atom stereocenters. The molecule has 0 radical (unpaired) electrons. The van der Waals surface area contributed by atoms with Gasteiger partial charge in [0.05, 0.1) is 23.0 Å². The molecule has 184 valence electrons. The van der Waals surface area contributed by atoms with E-state index in [2.05, 4.69) is 15.3 Å². The molecule has 10 heteroatoms. The number of fused-ring (bicyclic) bond motifs is 2. The molecule has 0 amide bonds. The van der Waals surface area contributed by atoms with Crippen LogP contribution in [0.3, 0.4) is 0 Å². The first-order valence-corrected chi connectivity index (χ1v) is 12.6. The molecule has 0 aliphatic carbocycles. The van der Waals surface area contributed by atoms with Crippen molar-refractivity contribution in [2.75, 3.05) is 26.0 Å². The monoisotopic (exact) mass is 506 g/mol. The molecule has 7 nitrogen and oxygen atoms in total. The molecule has 0 spiro atoms. The molecule has 4 aromatic heterocycles. The largest absolute Gasteiger partial charge is 0.383 e. The summed E-state index contributed by atoms with van der Waals surface area (Å²) >= 11 is 1.63. The van der Waals surface area contributed by atoms with Crippen molar-refractivity contribution in [1.82, 2.24) is 24.7 Å². The summed E-state index contributed by atoms with van der Waals surface area (Å²) in [5.41, 5.74) is 9.14. The molecule has 1 aliphatic heterocycles. The summed E-state index contributed by atoms with van der Waals surface area (Å²) in [6, 6.07) is 6.16. The summed E-state index contributed by atoms with van der Waals surface area (Å²) in [5.74, 6) is -0.408. The van der Waals surface area contributed by atoms with Gasteiger partial charge in [-0.3, -0.25) is 4.40 Å². The summed E-state index contributed by atoms with van der Waals surface area (Å²) in [7, 11) is 1.90. The van der Waals surface area contributed by atoms with E-state index in [4.69, 9.17) is 15.5 Å². The molecule has 1 fully saturated rings. The Morgan fingerprint density at radius 3 is 2.78 bits per heavy atom. The van der Waals surface area contributed by atoms with Crippen molar-refractivity contribution in [2.24, 2.45) is 0 Å². The van der Waals surface area contributed by atoms with Gasteiger partial charge >= 0.3 is 0 Å². The van der Waals surface area contributed by atoms with E-state index in [9.17, 15) is 4.39 Å². The van der Waals surface area contributed by atoms with Crippen molar-refractivity contribution >= 4 is 33.6 Å². The van der Waals surface area contributed by atoms with E-state index >= 15 is 4.39 Å². The fourth-order valence-electron chi connectivity index (χ4n) is 4.89. The van der Waals surface area contributed by atoms with Gasteiger partial charge in [0.25, 0.3) is 0 Å². The Balaban J connectivity index is 1.50. The fourth-order valence-corrected chi connectivity index (χ4v) is 6.17. The number of aromatic nitrogens is 4. The second kappa shape index (κ2) is 9.20. The third kappa shape index (κ3) is 3.82. The quantitative estimate of drug-likeness (QED) is 0.343. The van der Waals surface area contributed by atoms with Crippen LogP contribution in [0.15, 0.2) is 42.9 Å². The van der Waals surface area contributed by atoms with E-state index in [0.29, 0.717) is 34.8 Å². The summed E-state index contributed by atoms with van der Waals surface area (Å²) < 4.78 is 36.8. The molecular weight excluding hydrogens is 482 g/mol. The minimum absolute atomic E-state index is 0.102. The smallest absolute Gasteiger partial charge is 0.144 e. The number of imidazole rings is 1. The summed E-state index contributed by atoms with van der Waals surface area (Å²) in [6.45, 7) is 2.14. The number of rotatable bonds is 5. The lowest BCUT2D eigenvalue weighted by atomic mass is 9.97. The van der Waals surface area contributed by atoms with Crippen LogP contribution in [0.25, 0.3) is 38.2 Å². The van der Waals surface area contributed by atoms with Gasteiger partial charge in [-0.1, -0.05) is 6.07 Å². The van der Waals surface area contributed by atoms with E-state index in [0.717, 1.165) is 42.3 Å². The van der Waals surface area contributed by atoms with Crippen LogP contribution in [0.4, 0.5) is 14.6 Å². The molecule has 1 saturated heterocycles. The highest BCUT2D eigenvalue weighted by Gasteiger charge is 2.25. The Labute approximate surface area is 210 Å². The van der Waals surface area contributed by atoms with E-state index in [1.807, 2.05) is 13.1 Å². The van der Waals surface area contributed by atoms with Crippen molar-refractivity contribution in [2.45, 2.75) is 25.3 Å². The number of nitrogen functional groups attached to an aromatic ring is 1. The highest BCUT2D eigenvalue weighted by atomic mass is 32.1. The predicted molar refractivity (Wildman–Crippen MR) is 137 cm³/mol. The normalized spacial score (nSPS) is 14.8. The number of ether oxygens (including phenoxy) is 1. The van der Waals surface area contributed by atoms with Gasteiger partial charge in [0.1, 0.15) is 28.1 Å². The first kappa shape index (κ1) is 23.0. The maximum absolute atomic E-state index is 16.0. The summed E-state index contributed by atoms with van der Waals surface area (Å²) in [6.07, 6.45) is 6.65. The number of nitrogens with two attached hydrogens (primary N) is 1. The highest BCUT2D eigenvalue weighted by Crippen LogP contribution is 2.41. The van der Waals surface area contributed by atoms with E-state index < -0.39 is 11.6 Å². The average molecular weight is 507 g/mol. The number of hydrogen-bond donors (Lipinski definition) is 2. The molecule has 0 atom stereocenters. The molecule has 36 heavy (non-hydrogen) atoms. The Bertz CT molecular complexity index is 1590. The van der Waals surface area contributed by atoms with Gasteiger partial charge in [-0.2, -0.15) is 0 Å². The van der Waals surface area contributed by atoms with Gasteiger partial charge in [0, 0.05) is 59.6 Å². The number of benzene rings is 1. The maximum Gasteiger partial charge on any atom is 0.144 e. The van der Waals surface area contributed by atoms with E-state index in [-0.39, 0.29) is 11.2 Å². The number of nitrogens with zero attached hydrogens (tertiary/aromatic N) is 4. The maximum atomic E-state index is 16.0. The van der Waals surface area contributed by atoms with Crippen LogP contribution in [0.1, 0.15) is 29.3 Å². The Morgan fingerprint density at radius 1 is 1.14 bits per heavy atom. The van der Waals surface area contributed by atoms with Gasteiger partial charge in [0.15, 0.2) is 0 Å². The zero-order valence-electron chi connectivity index (χ0n) is 19.6. The lowest BCUT2D eigenvalue weighted by molar-refractivity contribution is 0.0858. The lowest BCUT2D eigenvalue weighted by Crippen LogP contribution is -2.16. The van der Waals surface area contributed by atoms with Crippen molar-refractivity contribution in [3.8, 4) is 21.8 Å². The van der Waals surface area contributed by atoms with Crippen molar-refractivity contribution in [3.63, 3.8) is 0 Å². The van der Waals surface area contributed by atoms with Crippen molar-refractivity contribution < 1.29 is 13.5 Å². The second-order valence-corrected chi connectivity index (χ2v) is 9.90. The second-order valence-electron chi connectivity index (χ2n) is 8.87. The molecule has 5 aromatic rings. The number of hydrogen-bond acceptors (Lipinski definition) is 7. The summed E-state index contributed by atoms with van der Waals surface area (Å²) in [4.78, 5) is 14.7. The zero-order valence-corrected chi connectivity index (χ0v) is 20.4. The first-order chi connectivity index (χ1) is 17.5. The SMILES string of the molecule is CNCc1nc(-c2cnc(N)c3c(F)c(-c4cnc5cc(F)ccn45)ccc23)sc1C1CCOCC1. The molecule has 5 heterocycles. The van der Waals surface area contributed by atoms with Crippen LogP contribution in [-0.4, -0.2) is 39.6 Å². The summed E-state index contributed by atoms with van der Waals surface area (Å²) in [5, 5.41) is 4.88. The zero-order chi connectivity index (χ0) is 24.8. The molecule has 1 aliphatic rings. The van der Waals surface area contributed by atoms with Crippen LogP contribution in [0.2, 0.25) is 0 Å². The van der Waals surface area contributed by atoms with Crippen LogP contribution < -0.4 is 11.1 Å².